The lowest BCUT2D eigenvalue weighted by Gasteiger charge is -2.16. The molecule has 21 heavy (non-hydrogen) atoms. The van der Waals surface area contributed by atoms with Gasteiger partial charge in [-0.1, -0.05) is 22.9 Å². The molecule has 1 unspecified atom stereocenters. The fourth-order valence-electron chi connectivity index (χ4n) is 1.39. The van der Waals surface area contributed by atoms with E-state index in [-0.39, 0.29) is 10.9 Å². The number of alkyl halides is 3. The minimum atomic E-state index is -4.97. The van der Waals surface area contributed by atoms with Crippen LogP contribution in [0.4, 0.5) is 18.9 Å². The Hall–Kier alpha value is -1.47. The molecule has 1 aromatic rings. The van der Waals surface area contributed by atoms with E-state index in [0.717, 1.165) is 12.1 Å². The summed E-state index contributed by atoms with van der Waals surface area (Å²) in [5, 5.41) is 7.38. The Morgan fingerprint density at radius 1 is 1.48 bits per heavy atom. The van der Waals surface area contributed by atoms with Crippen molar-refractivity contribution in [3.63, 3.8) is 0 Å². The number of hydrogen-bond acceptors (Lipinski definition) is 4. The molecule has 0 amide bonds. The quantitative estimate of drug-likeness (QED) is 0.840. The van der Waals surface area contributed by atoms with Gasteiger partial charge in [0.05, 0.1) is 11.8 Å². The highest BCUT2D eigenvalue weighted by atomic mass is 79.9. The van der Waals surface area contributed by atoms with Gasteiger partial charge in [-0.3, -0.25) is 4.72 Å². The van der Waals surface area contributed by atoms with Crippen molar-refractivity contribution in [2.75, 3.05) is 4.72 Å². The second-order valence-electron chi connectivity index (χ2n) is 3.86. The van der Waals surface area contributed by atoms with Crippen molar-refractivity contribution in [3.8, 4) is 11.8 Å². The van der Waals surface area contributed by atoms with Crippen LogP contribution in [0, 0.1) is 11.3 Å². The molecule has 0 saturated heterocycles. The number of ether oxygens (including phenoxy) is 1. The molecule has 0 bridgehead atoms. The van der Waals surface area contributed by atoms with E-state index in [1.54, 1.807) is 6.07 Å². The molecule has 10 heteroatoms. The number of hydrogen-bond donors (Lipinski definition) is 1. The molecule has 0 spiro atoms. The average Bonchev–Trinajstić information content (AvgIpc) is 2.31. The largest absolute Gasteiger partial charge is 0.573 e. The first-order valence-corrected chi connectivity index (χ1v) is 7.89. The predicted octanol–water partition coefficient (Wildman–Crippen LogP) is 3.39. The molecule has 116 valence electrons. The maximum absolute atomic E-state index is 12.3. The van der Waals surface area contributed by atoms with Gasteiger partial charge in [-0.25, -0.2) is 8.42 Å². The second kappa shape index (κ2) is 6.53. The van der Waals surface area contributed by atoms with Crippen LogP contribution >= 0.6 is 15.9 Å². The van der Waals surface area contributed by atoms with Crippen LogP contribution in [0.5, 0.6) is 5.75 Å². The van der Waals surface area contributed by atoms with E-state index < -0.39 is 33.1 Å². The number of halogens is 4. The van der Waals surface area contributed by atoms with E-state index in [4.69, 9.17) is 5.26 Å². The lowest BCUT2D eigenvalue weighted by Crippen LogP contribution is -2.27. The highest BCUT2D eigenvalue weighted by molar-refractivity contribution is 9.10. The zero-order valence-corrected chi connectivity index (χ0v) is 13.0. The third-order valence-corrected chi connectivity index (χ3v) is 4.50. The molecule has 1 rings (SSSR count). The summed E-state index contributed by atoms with van der Waals surface area (Å²) in [5.41, 5.74) is -0.399. The zero-order valence-electron chi connectivity index (χ0n) is 10.6. The zero-order chi connectivity index (χ0) is 16.3. The van der Waals surface area contributed by atoms with Crippen LogP contribution in [0.1, 0.15) is 13.3 Å². The Morgan fingerprint density at radius 2 is 2.10 bits per heavy atom. The standard InChI is InChI=1S/C11H10BrF3N2O3S/c1-2-8(6-16)21(18,19)17-9-4-3-7(12)5-10(9)20-11(13,14)15/h3-5,8,17H,2H2,1H3. The Morgan fingerprint density at radius 3 is 2.57 bits per heavy atom. The van der Waals surface area contributed by atoms with E-state index in [2.05, 4.69) is 20.7 Å². The predicted molar refractivity (Wildman–Crippen MR) is 73.1 cm³/mol. The smallest absolute Gasteiger partial charge is 0.403 e. The van der Waals surface area contributed by atoms with Crippen LogP contribution in [0.2, 0.25) is 0 Å². The van der Waals surface area contributed by atoms with Gasteiger partial charge in [0.15, 0.2) is 11.0 Å². The van der Waals surface area contributed by atoms with Crippen molar-refractivity contribution < 1.29 is 26.3 Å². The van der Waals surface area contributed by atoms with Gasteiger partial charge in [0.25, 0.3) is 0 Å². The fourth-order valence-corrected chi connectivity index (χ4v) is 2.93. The van der Waals surface area contributed by atoms with Gasteiger partial charge in [-0.05, 0) is 24.6 Å². The molecule has 0 aliphatic heterocycles. The van der Waals surface area contributed by atoms with Gasteiger partial charge in [0.1, 0.15) is 0 Å². The molecule has 0 aromatic heterocycles. The van der Waals surface area contributed by atoms with Crippen molar-refractivity contribution in [1.82, 2.24) is 0 Å². The lowest BCUT2D eigenvalue weighted by atomic mass is 10.3. The third-order valence-electron chi connectivity index (χ3n) is 2.31. The Bertz CT molecular complexity index is 656. The lowest BCUT2D eigenvalue weighted by molar-refractivity contribution is -0.274. The highest BCUT2D eigenvalue weighted by Gasteiger charge is 2.33. The molecule has 0 radical (unpaired) electrons. The molecule has 0 aliphatic carbocycles. The van der Waals surface area contributed by atoms with Crippen molar-refractivity contribution in [2.45, 2.75) is 25.0 Å². The summed E-state index contributed by atoms with van der Waals surface area (Å²) in [5.74, 6) is -0.715. The summed E-state index contributed by atoms with van der Waals surface area (Å²) in [6.07, 6.45) is -4.97. The minimum Gasteiger partial charge on any atom is -0.403 e. The number of benzene rings is 1. The van der Waals surface area contributed by atoms with Gasteiger partial charge in [-0.15, -0.1) is 13.2 Å². The van der Waals surface area contributed by atoms with Gasteiger partial charge in [0.2, 0.25) is 10.0 Å². The van der Waals surface area contributed by atoms with E-state index >= 15 is 0 Å². The SMILES string of the molecule is CCC(C#N)S(=O)(=O)Nc1ccc(Br)cc1OC(F)(F)F. The summed E-state index contributed by atoms with van der Waals surface area (Å²) >= 11 is 2.96. The molecule has 0 aliphatic rings. The molecule has 0 saturated carbocycles. The molecule has 5 nitrogen and oxygen atoms in total. The molecular formula is C11H10BrF3N2O3S. The number of nitrogens with zero attached hydrogens (tertiary/aromatic N) is 1. The number of anilines is 1. The number of nitriles is 1. The van der Waals surface area contributed by atoms with E-state index in [1.807, 2.05) is 4.72 Å². The Balaban J connectivity index is 3.17. The molecule has 1 atom stereocenters. The molecule has 1 aromatic carbocycles. The van der Waals surface area contributed by atoms with E-state index in [0.29, 0.717) is 0 Å². The van der Waals surface area contributed by atoms with Gasteiger partial charge >= 0.3 is 6.36 Å². The monoisotopic (exact) mass is 386 g/mol. The van der Waals surface area contributed by atoms with Gasteiger partial charge in [-0.2, -0.15) is 5.26 Å². The van der Waals surface area contributed by atoms with Crippen molar-refractivity contribution in [3.05, 3.63) is 22.7 Å². The van der Waals surface area contributed by atoms with Crippen molar-refractivity contribution in [2.24, 2.45) is 0 Å². The fraction of sp³-hybridized carbons (Fsp3) is 0.364. The summed E-state index contributed by atoms with van der Waals surface area (Å²) in [6.45, 7) is 1.47. The summed E-state index contributed by atoms with van der Waals surface area (Å²) < 4.78 is 66.7. The topological polar surface area (TPSA) is 79.2 Å². The molecule has 0 heterocycles. The summed E-state index contributed by atoms with van der Waals surface area (Å²) in [6, 6.07) is 4.99. The number of nitrogens with one attached hydrogen (secondary N) is 1. The number of rotatable bonds is 5. The molecule has 1 N–H and O–H groups in total. The Kier molecular flexibility index (Phi) is 5.47. The second-order valence-corrected chi connectivity index (χ2v) is 6.64. The van der Waals surface area contributed by atoms with Crippen molar-refractivity contribution in [1.29, 1.82) is 5.26 Å². The molecule has 0 fully saturated rings. The van der Waals surface area contributed by atoms with Crippen LogP contribution in [0.3, 0.4) is 0 Å². The average molecular weight is 387 g/mol. The maximum atomic E-state index is 12.3. The third kappa shape index (κ3) is 5.09. The summed E-state index contributed by atoms with van der Waals surface area (Å²) in [7, 11) is -4.14. The normalized spacial score (nSPS) is 13.3. The highest BCUT2D eigenvalue weighted by Crippen LogP contribution is 2.33. The first-order chi connectivity index (χ1) is 9.59. The van der Waals surface area contributed by atoms with E-state index in [9.17, 15) is 21.6 Å². The number of sulfonamides is 1. The van der Waals surface area contributed by atoms with Crippen molar-refractivity contribution >= 4 is 31.6 Å². The maximum Gasteiger partial charge on any atom is 0.573 e. The molecular weight excluding hydrogens is 377 g/mol. The van der Waals surface area contributed by atoms with Crippen LogP contribution in [-0.2, 0) is 10.0 Å². The minimum absolute atomic E-state index is 0.00216. The summed E-state index contributed by atoms with van der Waals surface area (Å²) in [4.78, 5) is 0. The first kappa shape index (κ1) is 17.6. The van der Waals surface area contributed by atoms with Crippen LogP contribution in [0.25, 0.3) is 0 Å². The van der Waals surface area contributed by atoms with Crippen LogP contribution in [-0.4, -0.2) is 20.0 Å². The Labute approximate surface area is 127 Å². The van der Waals surface area contributed by atoms with Crippen LogP contribution < -0.4 is 9.46 Å². The van der Waals surface area contributed by atoms with Gasteiger partial charge in [0, 0.05) is 4.47 Å². The van der Waals surface area contributed by atoms with Gasteiger partial charge < -0.3 is 4.74 Å². The first-order valence-electron chi connectivity index (χ1n) is 5.55. The van der Waals surface area contributed by atoms with E-state index in [1.165, 1.54) is 13.0 Å². The van der Waals surface area contributed by atoms with Crippen LogP contribution in [0.15, 0.2) is 22.7 Å².